The number of benzene rings is 1. The summed E-state index contributed by atoms with van der Waals surface area (Å²) >= 11 is 0. The summed E-state index contributed by atoms with van der Waals surface area (Å²) in [6.07, 6.45) is 0. The van der Waals surface area contributed by atoms with Crippen molar-refractivity contribution in [2.75, 3.05) is 12.0 Å². The zero-order valence-corrected chi connectivity index (χ0v) is 7.37. The summed E-state index contributed by atoms with van der Waals surface area (Å²) < 4.78 is 5.24. The normalized spacial score (nSPS) is 9.00. The van der Waals surface area contributed by atoms with Crippen molar-refractivity contribution in [1.82, 2.24) is 0 Å². The fourth-order valence-corrected chi connectivity index (χ4v) is 0.997. The first-order valence-corrected chi connectivity index (χ1v) is 3.94. The van der Waals surface area contributed by atoms with E-state index >= 15 is 0 Å². The maximum Gasteiger partial charge on any atom is 0.122 e. The minimum Gasteiger partial charge on any atom is -0.494 e. The van der Waals surface area contributed by atoms with Crippen molar-refractivity contribution < 1.29 is 4.74 Å². The Hall–Kier alpha value is -1.73. The molecule has 0 aliphatic carbocycles. The van der Waals surface area contributed by atoms with Crippen LogP contribution in [-0.4, -0.2) is 6.61 Å². The van der Waals surface area contributed by atoms with Crippen molar-refractivity contribution in [3.05, 3.63) is 23.8 Å². The fourth-order valence-electron chi connectivity index (χ4n) is 0.997. The molecule has 0 aliphatic rings. The molecule has 1 aromatic rings. The number of nitrogens with zero attached hydrogens (tertiary/aromatic N) is 1. The van der Waals surface area contributed by atoms with Crippen molar-refractivity contribution in [3.63, 3.8) is 0 Å². The van der Waals surface area contributed by atoms with Crippen LogP contribution in [0.25, 0.3) is 0 Å². The van der Waals surface area contributed by atoms with E-state index in [9.17, 15) is 0 Å². The average Bonchev–Trinajstić information content (AvgIpc) is 2.17. The first-order chi connectivity index (χ1) is 6.30. The van der Waals surface area contributed by atoms with E-state index in [-0.39, 0.29) is 0 Å². The average molecular weight is 177 g/mol. The van der Waals surface area contributed by atoms with Gasteiger partial charge >= 0.3 is 0 Å². The van der Waals surface area contributed by atoms with Gasteiger partial charge in [-0.1, -0.05) is 0 Å². The second kappa shape index (κ2) is 4.33. The molecule has 0 bridgehead atoms. The molecule has 4 nitrogen and oxygen atoms in total. The number of nitrogens with two attached hydrogens (primary N) is 1. The molecule has 3 N–H and O–H groups in total. The van der Waals surface area contributed by atoms with Gasteiger partial charge in [0.2, 0.25) is 0 Å². The lowest BCUT2D eigenvalue weighted by Crippen LogP contribution is -2.07. The summed E-state index contributed by atoms with van der Waals surface area (Å²) in [6.45, 7) is 2.45. The van der Waals surface area contributed by atoms with Gasteiger partial charge in [-0.25, -0.2) is 0 Å². The quantitative estimate of drug-likeness (QED) is 0.538. The van der Waals surface area contributed by atoms with E-state index in [4.69, 9.17) is 15.8 Å². The van der Waals surface area contributed by atoms with Crippen LogP contribution < -0.4 is 16.0 Å². The molecule has 0 aromatic heterocycles. The Balaban J connectivity index is 3.01. The molecule has 0 radical (unpaired) electrons. The summed E-state index contributed by atoms with van der Waals surface area (Å²) in [5.41, 5.74) is 3.67. The maximum absolute atomic E-state index is 8.68. The number of nitrogen functional groups attached to an aromatic ring is 1. The van der Waals surface area contributed by atoms with Crippen molar-refractivity contribution >= 4 is 5.69 Å². The third kappa shape index (κ3) is 2.36. The lowest BCUT2D eigenvalue weighted by Gasteiger charge is -2.06. The van der Waals surface area contributed by atoms with E-state index in [1.807, 2.05) is 13.0 Å². The van der Waals surface area contributed by atoms with Crippen LogP contribution in [0.1, 0.15) is 12.5 Å². The summed E-state index contributed by atoms with van der Waals surface area (Å²) in [5, 5.41) is 8.68. The summed E-state index contributed by atoms with van der Waals surface area (Å²) in [6, 6.07) is 7.09. The molecule has 68 valence electrons. The molecule has 1 aromatic carbocycles. The van der Waals surface area contributed by atoms with Crippen LogP contribution in [-0.2, 0) is 0 Å². The highest BCUT2D eigenvalue weighted by molar-refractivity contribution is 5.53. The topological polar surface area (TPSA) is 71.1 Å². The molecular formula is C9H11N3O. The van der Waals surface area contributed by atoms with Gasteiger partial charge < -0.3 is 10.2 Å². The van der Waals surface area contributed by atoms with Crippen LogP contribution >= 0.6 is 0 Å². The minimum absolute atomic E-state index is 0.527. The molecule has 0 spiro atoms. The summed E-state index contributed by atoms with van der Waals surface area (Å²) in [7, 11) is 0. The molecule has 13 heavy (non-hydrogen) atoms. The zero-order valence-electron chi connectivity index (χ0n) is 7.37. The van der Waals surface area contributed by atoms with E-state index in [0.29, 0.717) is 23.6 Å². The van der Waals surface area contributed by atoms with Gasteiger partial charge in [-0.3, -0.25) is 5.84 Å². The molecule has 0 saturated heterocycles. The number of anilines is 1. The molecule has 0 atom stereocenters. The van der Waals surface area contributed by atoms with Gasteiger partial charge in [0.1, 0.15) is 5.75 Å². The minimum atomic E-state index is 0.527. The molecule has 0 amide bonds. The van der Waals surface area contributed by atoms with E-state index in [2.05, 4.69) is 5.43 Å². The third-order valence-corrected chi connectivity index (χ3v) is 1.51. The Labute approximate surface area is 76.9 Å². The predicted octanol–water partition coefficient (Wildman–Crippen LogP) is 1.24. The Kier molecular flexibility index (Phi) is 3.12. The first kappa shape index (κ1) is 9.36. The van der Waals surface area contributed by atoms with Crippen molar-refractivity contribution in [2.24, 2.45) is 5.84 Å². The molecular weight excluding hydrogens is 166 g/mol. The van der Waals surface area contributed by atoms with Crippen LogP contribution in [0.3, 0.4) is 0 Å². The monoisotopic (exact) mass is 177 g/mol. The molecule has 0 saturated carbocycles. The van der Waals surface area contributed by atoms with Gasteiger partial charge in [0.05, 0.1) is 23.9 Å². The van der Waals surface area contributed by atoms with Crippen LogP contribution in [0.2, 0.25) is 0 Å². The van der Waals surface area contributed by atoms with Crippen LogP contribution in [0.5, 0.6) is 5.75 Å². The number of ether oxygens (including phenoxy) is 1. The molecule has 1 rings (SSSR count). The molecule has 4 heteroatoms. The Morgan fingerprint density at radius 3 is 2.85 bits per heavy atom. The van der Waals surface area contributed by atoms with Gasteiger partial charge in [0.15, 0.2) is 0 Å². The molecule has 0 heterocycles. The van der Waals surface area contributed by atoms with Crippen LogP contribution in [0, 0.1) is 11.3 Å². The molecule has 0 aliphatic heterocycles. The highest BCUT2D eigenvalue weighted by atomic mass is 16.5. The second-order valence-electron chi connectivity index (χ2n) is 2.44. The largest absolute Gasteiger partial charge is 0.494 e. The number of nitrogens with one attached hydrogen (secondary N) is 1. The zero-order chi connectivity index (χ0) is 9.68. The van der Waals surface area contributed by atoms with E-state index in [1.165, 1.54) is 0 Å². The van der Waals surface area contributed by atoms with Crippen molar-refractivity contribution in [3.8, 4) is 11.8 Å². The summed E-state index contributed by atoms with van der Waals surface area (Å²) in [4.78, 5) is 0. The van der Waals surface area contributed by atoms with Gasteiger partial charge in [0, 0.05) is 6.07 Å². The lowest BCUT2D eigenvalue weighted by molar-refractivity contribution is 0.340. The Morgan fingerprint density at radius 2 is 2.31 bits per heavy atom. The molecule has 0 unspecified atom stereocenters. The Bertz CT molecular complexity index is 330. The van der Waals surface area contributed by atoms with Crippen molar-refractivity contribution in [2.45, 2.75) is 6.92 Å². The van der Waals surface area contributed by atoms with Crippen LogP contribution in [0.4, 0.5) is 5.69 Å². The van der Waals surface area contributed by atoms with E-state index < -0.39 is 0 Å². The summed E-state index contributed by atoms with van der Waals surface area (Å²) in [5.74, 6) is 5.87. The lowest BCUT2D eigenvalue weighted by atomic mass is 10.2. The predicted molar refractivity (Wildman–Crippen MR) is 50.1 cm³/mol. The van der Waals surface area contributed by atoms with Crippen molar-refractivity contribution in [1.29, 1.82) is 5.26 Å². The number of hydrogen-bond acceptors (Lipinski definition) is 4. The van der Waals surface area contributed by atoms with Gasteiger partial charge in [-0.15, -0.1) is 0 Å². The number of hydrazine groups is 1. The van der Waals surface area contributed by atoms with E-state index in [0.717, 1.165) is 0 Å². The second-order valence-corrected chi connectivity index (χ2v) is 2.44. The van der Waals surface area contributed by atoms with Gasteiger partial charge in [-0.2, -0.15) is 5.26 Å². The third-order valence-electron chi connectivity index (χ3n) is 1.51. The van der Waals surface area contributed by atoms with Gasteiger partial charge in [0.25, 0.3) is 0 Å². The van der Waals surface area contributed by atoms with Gasteiger partial charge in [-0.05, 0) is 19.1 Å². The first-order valence-electron chi connectivity index (χ1n) is 3.94. The fraction of sp³-hybridized carbons (Fsp3) is 0.222. The van der Waals surface area contributed by atoms with Crippen LogP contribution in [0.15, 0.2) is 18.2 Å². The van der Waals surface area contributed by atoms with E-state index in [1.54, 1.807) is 18.2 Å². The number of rotatable bonds is 3. The number of hydrogen-bond donors (Lipinski definition) is 2. The molecule has 0 fully saturated rings. The highest BCUT2D eigenvalue weighted by Crippen LogP contribution is 2.19. The standard InChI is InChI=1S/C9H11N3O/c1-2-13-9-4-7(6-10)3-8(5-9)12-11/h3-5,12H,2,11H2,1H3. The Morgan fingerprint density at radius 1 is 1.54 bits per heavy atom. The SMILES string of the molecule is CCOc1cc(C#N)cc(NN)c1. The highest BCUT2D eigenvalue weighted by Gasteiger charge is 1.99. The maximum atomic E-state index is 8.68. The smallest absolute Gasteiger partial charge is 0.122 e. The number of nitriles is 1.